The van der Waals surface area contributed by atoms with Crippen molar-refractivity contribution in [1.82, 2.24) is 0 Å². The SMILES string of the molecule is COc1ccc(CNc2ccc(C)c(C)c2)c(OC)c1OC.O=C(O)C(=O)O. The molecule has 152 valence electrons. The van der Waals surface area contributed by atoms with Crippen LogP contribution >= 0.6 is 0 Å². The van der Waals surface area contributed by atoms with Crippen molar-refractivity contribution in [3.8, 4) is 17.2 Å². The Kier molecular flexibility index (Phi) is 8.61. The lowest BCUT2D eigenvalue weighted by Gasteiger charge is -2.16. The summed E-state index contributed by atoms with van der Waals surface area (Å²) in [6.45, 7) is 4.86. The third kappa shape index (κ3) is 6.08. The number of hydrogen-bond donors (Lipinski definition) is 3. The van der Waals surface area contributed by atoms with E-state index in [1.807, 2.05) is 12.1 Å². The number of carboxylic acids is 2. The largest absolute Gasteiger partial charge is 0.493 e. The van der Waals surface area contributed by atoms with Crippen molar-refractivity contribution < 1.29 is 34.0 Å². The summed E-state index contributed by atoms with van der Waals surface area (Å²) in [5.74, 6) is -1.68. The van der Waals surface area contributed by atoms with Crippen LogP contribution in [0.15, 0.2) is 30.3 Å². The highest BCUT2D eigenvalue weighted by molar-refractivity contribution is 6.27. The van der Waals surface area contributed by atoms with Gasteiger partial charge in [0.25, 0.3) is 0 Å². The molecule has 2 aromatic carbocycles. The molecular weight excluding hydrogens is 366 g/mol. The van der Waals surface area contributed by atoms with Gasteiger partial charge in [0.15, 0.2) is 11.5 Å². The third-order valence-electron chi connectivity index (χ3n) is 3.96. The fourth-order valence-corrected chi connectivity index (χ4v) is 2.35. The molecule has 0 atom stereocenters. The molecule has 28 heavy (non-hydrogen) atoms. The van der Waals surface area contributed by atoms with Gasteiger partial charge in [0, 0.05) is 17.8 Å². The van der Waals surface area contributed by atoms with E-state index < -0.39 is 11.9 Å². The topological polar surface area (TPSA) is 114 Å². The summed E-state index contributed by atoms with van der Waals surface area (Å²) >= 11 is 0. The van der Waals surface area contributed by atoms with Gasteiger partial charge in [-0.05, 0) is 49.2 Å². The van der Waals surface area contributed by atoms with Crippen molar-refractivity contribution in [1.29, 1.82) is 0 Å². The molecule has 3 N–H and O–H groups in total. The van der Waals surface area contributed by atoms with Crippen molar-refractivity contribution in [2.45, 2.75) is 20.4 Å². The number of hydrogen-bond acceptors (Lipinski definition) is 6. The second-order valence-electron chi connectivity index (χ2n) is 5.76. The van der Waals surface area contributed by atoms with E-state index in [0.717, 1.165) is 11.3 Å². The smallest absolute Gasteiger partial charge is 0.414 e. The van der Waals surface area contributed by atoms with E-state index in [-0.39, 0.29) is 0 Å². The number of carboxylic acid groups (broad SMARTS) is 2. The maximum Gasteiger partial charge on any atom is 0.414 e. The summed E-state index contributed by atoms with van der Waals surface area (Å²) in [6, 6.07) is 10.2. The molecular formula is C20H25NO7. The normalized spacial score (nSPS) is 9.61. The molecule has 0 unspecified atom stereocenters. The second kappa shape index (κ2) is 10.7. The van der Waals surface area contributed by atoms with Crippen molar-refractivity contribution in [3.63, 3.8) is 0 Å². The Labute approximate surface area is 163 Å². The first-order valence-corrected chi connectivity index (χ1v) is 8.30. The number of anilines is 1. The van der Waals surface area contributed by atoms with Gasteiger partial charge in [-0.15, -0.1) is 0 Å². The van der Waals surface area contributed by atoms with Crippen LogP contribution in [0.25, 0.3) is 0 Å². The van der Waals surface area contributed by atoms with Crippen LogP contribution < -0.4 is 19.5 Å². The molecule has 8 nitrogen and oxygen atoms in total. The van der Waals surface area contributed by atoms with Gasteiger partial charge in [0.2, 0.25) is 5.75 Å². The molecule has 0 radical (unpaired) electrons. The maximum atomic E-state index is 9.10. The van der Waals surface area contributed by atoms with Gasteiger partial charge in [-0.3, -0.25) is 0 Å². The van der Waals surface area contributed by atoms with Gasteiger partial charge in [0.05, 0.1) is 21.3 Å². The zero-order valence-corrected chi connectivity index (χ0v) is 16.5. The number of carbonyl (C=O) groups is 2. The fraction of sp³-hybridized carbons (Fsp3) is 0.300. The number of benzene rings is 2. The highest BCUT2D eigenvalue weighted by atomic mass is 16.5. The molecule has 0 aliphatic carbocycles. The predicted molar refractivity (Wildman–Crippen MR) is 105 cm³/mol. The molecule has 2 aromatic rings. The molecule has 0 amide bonds. The number of ether oxygens (including phenoxy) is 3. The number of rotatable bonds is 6. The van der Waals surface area contributed by atoms with Gasteiger partial charge >= 0.3 is 11.9 Å². The zero-order valence-electron chi connectivity index (χ0n) is 16.5. The monoisotopic (exact) mass is 391 g/mol. The summed E-state index contributed by atoms with van der Waals surface area (Å²) < 4.78 is 16.2. The predicted octanol–water partition coefficient (Wildman–Crippen LogP) is 3.10. The average Bonchev–Trinajstić information content (AvgIpc) is 2.68. The van der Waals surface area contributed by atoms with E-state index in [0.29, 0.717) is 23.8 Å². The molecule has 8 heteroatoms. The molecule has 0 aliphatic rings. The van der Waals surface area contributed by atoms with Crippen LogP contribution in [0, 0.1) is 13.8 Å². The molecule has 0 bridgehead atoms. The number of nitrogens with one attached hydrogen (secondary N) is 1. The van der Waals surface area contributed by atoms with Crippen LogP contribution in [0.3, 0.4) is 0 Å². The van der Waals surface area contributed by atoms with Crippen molar-refractivity contribution in [2.75, 3.05) is 26.6 Å². The Morgan fingerprint density at radius 1 is 0.857 bits per heavy atom. The van der Waals surface area contributed by atoms with Crippen LogP contribution in [-0.2, 0) is 16.1 Å². The summed E-state index contributed by atoms with van der Waals surface area (Å²) in [6.07, 6.45) is 0. The van der Waals surface area contributed by atoms with Gasteiger partial charge in [-0.25, -0.2) is 9.59 Å². The van der Waals surface area contributed by atoms with Gasteiger partial charge in [-0.2, -0.15) is 0 Å². The van der Waals surface area contributed by atoms with E-state index in [1.165, 1.54) is 11.1 Å². The van der Waals surface area contributed by atoms with Crippen molar-refractivity contribution in [3.05, 3.63) is 47.0 Å². The summed E-state index contributed by atoms with van der Waals surface area (Å²) in [4.78, 5) is 18.2. The van der Waals surface area contributed by atoms with Gasteiger partial charge < -0.3 is 29.7 Å². The number of aryl methyl sites for hydroxylation is 2. The minimum atomic E-state index is -1.82. The molecule has 0 fully saturated rings. The lowest BCUT2D eigenvalue weighted by atomic mass is 10.1. The molecule has 0 aliphatic heterocycles. The molecule has 2 rings (SSSR count). The van der Waals surface area contributed by atoms with E-state index in [4.69, 9.17) is 34.0 Å². The Morgan fingerprint density at radius 2 is 1.46 bits per heavy atom. The van der Waals surface area contributed by atoms with Crippen molar-refractivity contribution >= 4 is 17.6 Å². The first kappa shape index (κ1) is 22.6. The standard InChI is InChI=1S/C18H23NO3.C2H2O4/c1-12-6-8-15(10-13(12)2)19-11-14-7-9-16(20-3)18(22-5)17(14)21-4;3-1(4)2(5)6/h6-10,19H,11H2,1-5H3;(H,3,4)(H,5,6). The van der Waals surface area contributed by atoms with Crippen LogP contribution in [-0.4, -0.2) is 43.5 Å². The lowest BCUT2D eigenvalue weighted by molar-refractivity contribution is -0.159. The minimum Gasteiger partial charge on any atom is -0.493 e. The molecule has 0 saturated heterocycles. The van der Waals surface area contributed by atoms with Crippen molar-refractivity contribution in [2.24, 2.45) is 0 Å². The van der Waals surface area contributed by atoms with Crippen LogP contribution in [0.1, 0.15) is 16.7 Å². The summed E-state index contributed by atoms with van der Waals surface area (Å²) in [7, 11) is 4.86. The first-order chi connectivity index (χ1) is 13.2. The third-order valence-corrected chi connectivity index (χ3v) is 3.96. The van der Waals surface area contributed by atoms with Crippen LogP contribution in [0.5, 0.6) is 17.2 Å². The second-order valence-corrected chi connectivity index (χ2v) is 5.76. The van der Waals surface area contributed by atoms with E-state index in [1.54, 1.807) is 21.3 Å². The Hall–Kier alpha value is -3.42. The fourth-order valence-electron chi connectivity index (χ4n) is 2.35. The molecule has 0 spiro atoms. The number of aliphatic carboxylic acids is 2. The Balaban J connectivity index is 0.000000568. The Bertz CT molecular complexity index is 822. The van der Waals surface area contributed by atoms with E-state index in [9.17, 15) is 0 Å². The lowest BCUT2D eigenvalue weighted by Crippen LogP contribution is -2.09. The average molecular weight is 391 g/mol. The highest BCUT2D eigenvalue weighted by Crippen LogP contribution is 2.39. The highest BCUT2D eigenvalue weighted by Gasteiger charge is 2.15. The molecule has 0 saturated carbocycles. The maximum absolute atomic E-state index is 9.10. The Morgan fingerprint density at radius 3 is 1.93 bits per heavy atom. The quantitative estimate of drug-likeness (QED) is 0.644. The van der Waals surface area contributed by atoms with E-state index in [2.05, 4.69) is 37.4 Å². The first-order valence-electron chi connectivity index (χ1n) is 8.30. The van der Waals surface area contributed by atoms with E-state index >= 15 is 0 Å². The van der Waals surface area contributed by atoms with Gasteiger partial charge in [0.1, 0.15) is 0 Å². The molecule has 0 aromatic heterocycles. The minimum absolute atomic E-state index is 0.615. The van der Waals surface area contributed by atoms with Crippen LogP contribution in [0.4, 0.5) is 5.69 Å². The van der Waals surface area contributed by atoms with Gasteiger partial charge in [-0.1, -0.05) is 6.07 Å². The number of methoxy groups -OCH3 is 3. The summed E-state index contributed by atoms with van der Waals surface area (Å²) in [5, 5.41) is 18.2. The molecule has 0 heterocycles. The summed E-state index contributed by atoms with van der Waals surface area (Å²) in [5.41, 5.74) is 4.65. The zero-order chi connectivity index (χ0) is 21.3. The van der Waals surface area contributed by atoms with Crippen LogP contribution in [0.2, 0.25) is 0 Å².